The van der Waals surface area contributed by atoms with Crippen molar-refractivity contribution in [2.75, 3.05) is 13.2 Å². The summed E-state index contributed by atoms with van der Waals surface area (Å²) in [7, 11) is -4.23. The molecule has 1 aliphatic rings. The molecule has 0 bridgehead atoms. The Kier molecular flexibility index (Phi) is 14.6. The third-order valence-electron chi connectivity index (χ3n) is 10.6. The van der Waals surface area contributed by atoms with Crippen LogP contribution in [0.2, 0.25) is 36.3 Å². The molecule has 2 aromatic carbocycles. The highest BCUT2D eigenvalue weighted by Gasteiger charge is 2.41. The van der Waals surface area contributed by atoms with E-state index in [1.807, 2.05) is 60.7 Å². The first kappa shape index (κ1) is 40.1. The normalized spacial score (nSPS) is 19.0. The van der Waals surface area contributed by atoms with Gasteiger partial charge in [0.2, 0.25) is 11.8 Å². The summed E-state index contributed by atoms with van der Waals surface area (Å²) in [4.78, 5) is 34.8. The van der Waals surface area contributed by atoms with Gasteiger partial charge in [0.05, 0.1) is 26.4 Å². The molecule has 2 aromatic rings. The molecule has 10 heteroatoms. The van der Waals surface area contributed by atoms with E-state index in [9.17, 15) is 9.59 Å². The van der Waals surface area contributed by atoms with Gasteiger partial charge in [0.1, 0.15) is 12.1 Å². The first-order chi connectivity index (χ1) is 22.4. The van der Waals surface area contributed by atoms with Crippen LogP contribution < -0.4 is 20.6 Å². The molecule has 8 nitrogen and oxygen atoms in total. The van der Waals surface area contributed by atoms with E-state index < -0.39 is 28.6 Å². The zero-order chi connectivity index (χ0) is 35.6. The topological polar surface area (TPSA) is 101 Å². The Balaban J connectivity index is 1.80. The number of amides is 2. The van der Waals surface area contributed by atoms with E-state index in [4.69, 9.17) is 9.47 Å². The van der Waals surface area contributed by atoms with Gasteiger partial charge in [0.25, 0.3) is 0 Å². The molecule has 268 valence electrons. The van der Waals surface area contributed by atoms with Gasteiger partial charge >= 0.3 is 0 Å². The standard InChI is InChI=1S/C38H64N4O4Si2/c1-37(2,3)47(7,8)41-35(43)33(27-45-25-29-19-13-11-14-20-29)39-31-23-17-18-24-32(31)40-34(28-46-26-30-21-15-12-16-22-30)36(44)42-48(9,10)38(4,5)6/h11-16,19-22,31-34,39-40H,17-18,23-28H2,1-10H3,(H,41,43)(H,42,44)/t31-,32-,33+,34+/m1/s1. The molecule has 3 rings (SSSR count). The highest BCUT2D eigenvalue weighted by Crippen LogP contribution is 2.34. The van der Waals surface area contributed by atoms with Gasteiger partial charge in [-0.2, -0.15) is 0 Å². The fourth-order valence-electron chi connectivity index (χ4n) is 5.35. The zero-order valence-corrected chi connectivity index (χ0v) is 33.4. The SMILES string of the molecule is CC(C)(C)[Si](C)(C)NC(=O)[C@H](COCc1ccccc1)N[C@@H]1CCCC[C@H]1N[C@@H](COCc1ccccc1)C(=O)N[Si](C)(C)C(C)(C)C. The second kappa shape index (κ2) is 17.5. The van der Waals surface area contributed by atoms with Crippen molar-refractivity contribution in [3.63, 3.8) is 0 Å². The summed E-state index contributed by atoms with van der Waals surface area (Å²) in [5, 5.41) is 7.44. The van der Waals surface area contributed by atoms with Gasteiger partial charge in [0.15, 0.2) is 16.5 Å². The smallest absolute Gasteiger partial charge is 0.231 e. The number of hydrogen-bond acceptors (Lipinski definition) is 6. The lowest BCUT2D eigenvalue weighted by molar-refractivity contribution is -0.125. The number of carbonyl (C=O) groups excluding carboxylic acids is 2. The molecule has 48 heavy (non-hydrogen) atoms. The Hall–Kier alpha value is -2.35. The van der Waals surface area contributed by atoms with Crippen molar-refractivity contribution in [3.8, 4) is 0 Å². The van der Waals surface area contributed by atoms with Crippen LogP contribution in [0.15, 0.2) is 60.7 Å². The predicted molar refractivity (Wildman–Crippen MR) is 203 cm³/mol. The van der Waals surface area contributed by atoms with Crippen LogP contribution in [0.5, 0.6) is 0 Å². The van der Waals surface area contributed by atoms with E-state index in [2.05, 4.69) is 88.3 Å². The molecule has 0 aromatic heterocycles. The molecule has 1 fully saturated rings. The van der Waals surface area contributed by atoms with Crippen molar-refractivity contribution in [2.45, 2.75) is 141 Å². The van der Waals surface area contributed by atoms with E-state index >= 15 is 0 Å². The van der Waals surface area contributed by atoms with E-state index in [0.717, 1.165) is 36.8 Å². The summed E-state index contributed by atoms with van der Waals surface area (Å²) in [5.41, 5.74) is 2.15. The summed E-state index contributed by atoms with van der Waals surface area (Å²) < 4.78 is 12.3. The van der Waals surface area contributed by atoms with Crippen molar-refractivity contribution in [2.24, 2.45) is 0 Å². The maximum atomic E-state index is 14.0. The van der Waals surface area contributed by atoms with Gasteiger partial charge in [0, 0.05) is 12.1 Å². The first-order valence-corrected chi connectivity index (χ1v) is 23.8. The van der Waals surface area contributed by atoms with Crippen molar-refractivity contribution in [1.29, 1.82) is 0 Å². The lowest BCUT2D eigenvalue weighted by Gasteiger charge is -2.41. The third-order valence-corrected chi connectivity index (χ3v) is 19.9. The average Bonchev–Trinajstić information content (AvgIpc) is 3.00. The number of rotatable bonds is 16. The number of benzene rings is 2. The first-order valence-electron chi connectivity index (χ1n) is 17.8. The highest BCUT2D eigenvalue weighted by molar-refractivity contribution is 6.80. The predicted octanol–water partition coefficient (Wildman–Crippen LogP) is 6.89. The molecule has 0 heterocycles. The minimum absolute atomic E-state index is 0.00247. The fraction of sp³-hybridized carbons (Fsp3) is 0.632. The van der Waals surface area contributed by atoms with E-state index in [1.54, 1.807) is 0 Å². The fourth-order valence-corrected chi connectivity index (χ4v) is 7.68. The van der Waals surface area contributed by atoms with Gasteiger partial charge in [-0.05, 0) is 34.0 Å². The van der Waals surface area contributed by atoms with Crippen LogP contribution in [-0.2, 0) is 32.3 Å². The molecule has 0 unspecified atom stereocenters. The molecule has 1 saturated carbocycles. The lowest BCUT2D eigenvalue weighted by Crippen LogP contribution is -2.65. The van der Waals surface area contributed by atoms with Crippen LogP contribution in [0.4, 0.5) is 0 Å². The van der Waals surface area contributed by atoms with Gasteiger partial charge in [-0.1, -0.05) is 141 Å². The minimum Gasteiger partial charge on any atom is -0.380 e. The second-order valence-corrected chi connectivity index (χ2v) is 26.7. The van der Waals surface area contributed by atoms with Crippen molar-refractivity contribution in [3.05, 3.63) is 71.8 Å². The van der Waals surface area contributed by atoms with Gasteiger partial charge < -0.3 is 19.4 Å². The Morgan fingerprint density at radius 2 is 0.979 bits per heavy atom. The lowest BCUT2D eigenvalue weighted by atomic mass is 9.89. The van der Waals surface area contributed by atoms with Crippen LogP contribution in [0.1, 0.15) is 78.4 Å². The van der Waals surface area contributed by atoms with Gasteiger partial charge in [-0.15, -0.1) is 0 Å². The van der Waals surface area contributed by atoms with Crippen LogP contribution in [0, 0.1) is 0 Å². The summed E-state index contributed by atoms with van der Waals surface area (Å²) >= 11 is 0. The zero-order valence-electron chi connectivity index (χ0n) is 31.4. The minimum atomic E-state index is -2.12. The molecule has 4 atom stereocenters. The van der Waals surface area contributed by atoms with Crippen molar-refractivity contribution >= 4 is 28.3 Å². The van der Waals surface area contributed by atoms with Gasteiger partial charge in [-0.3, -0.25) is 20.2 Å². The number of hydrogen-bond donors (Lipinski definition) is 4. The van der Waals surface area contributed by atoms with Crippen LogP contribution in [0.3, 0.4) is 0 Å². The van der Waals surface area contributed by atoms with Crippen molar-refractivity contribution in [1.82, 2.24) is 20.6 Å². The summed E-state index contributed by atoms with van der Waals surface area (Å²) in [6.07, 6.45) is 3.93. The molecule has 0 radical (unpaired) electrons. The molecule has 0 spiro atoms. The molecule has 1 aliphatic carbocycles. The summed E-state index contributed by atoms with van der Waals surface area (Å²) in [6.45, 7) is 23.4. The molecular formula is C38H64N4O4Si2. The van der Waals surface area contributed by atoms with E-state index in [1.165, 1.54) is 0 Å². The van der Waals surface area contributed by atoms with E-state index in [-0.39, 0.29) is 47.2 Å². The quantitative estimate of drug-likeness (QED) is 0.143. The summed E-state index contributed by atoms with van der Waals surface area (Å²) in [6, 6.07) is 19.1. The molecule has 0 saturated heterocycles. The van der Waals surface area contributed by atoms with Crippen molar-refractivity contribution < 1.29 is 19.1 Å². The maximum absolute atomic E-state index is 14.0. The van der Waals surface area contributed by atoms with E-state index in [0.29, 0.717) is 13.2 Å². The molecule has 0 aliphatic heterocycles. The second-order valence-electron chi connectivity index (χ2n) is 16.7. The molecule has 2 amide bonds. The third kappa shape index (κ3) is 12.2. The Morgan fingerprint density at radius 3 is 1.29 bits per heavy atom. The van der Waals surface area contributed by atoms with Gasteiger partial charge in [-0.25, -0.2) is 0 Å². The Labute approximate surface area is 293 Å². The maximum Gasteiger partial charge on any atom is 0.231 e. The largest absolute Gasteiger partial charge is 0.380 e. The van der Waals surface area contributed by atoms with Crippen LogP contribution in [-0.4, -0.2) is 65.7 Å². The highest BCUT2D eigenvalue weighted by atomic mass is 28.3. The number of carbonyl (C=O) groups is 2. The Morgan fingerprint density at radius 1 is 0.646 bits per heavy atom. The average molecular weight is 697 g/mol. The molecule has 4 N–H and O–H groups in total. The Bertz CT molecular complexity index is 1180. The van der Waals surface area contributed by atoms with Crippen LogP contribution in [0.25, 0.3) is 0 Å². The number of nitrogens with one attached hydrogen (secondary N) is 4. The summed E-state index contributed by atoms with van der Waals surface area (Å²) in [5.74, 6) is -0.0326. The number of ether oxygens (including phenoxy) is 2. The molecular weight excluding hydrogens is 633 g/mol. The van der Waals surface area contributed by atoms with Crippen LogP contribution >= 0.6 is 0 Å². The monoisotopic (exact) mass is 696 g/mol.